The molecule has 0 aromatic carbocycles. The van der Waals surface area contributed by atoms with Gasteiger partial charge >= 0.3 is 6.18 Å². The molecular weight excluding hydrogens is 345 g/mol. The van der Waals surface area contributed by atoms with Crippen LogP contribution in [0.2, 0.25) is 0 Å². The predicted octanol–water partition coefficient (Wildman–Crippen LogP) is 5.52. The number of rotatable bonds is 2. The lowest BCUT2D eigenvalue weighted by Gasteiger charge is -2.28. The van der Waals surface area contributed by atoms with E-state index in [9.17, 15) is 13.2 Å². The van der Waals surface area contributed by atoms with E-state index in [1.54, 1.807) is 6.20 Å². The number of hydrogen-bond acceptors (Lipinski definition) is 1. The molecule has 0 fully saturated rings. The Hall–Kier alpha value is -0.780. The summed E-state index contributed by atoms with van der Waals surface area (Å²) in [6.45, 7) is 4.00. The van der Waals surface area contributed by atoms with Crippen LogP contribution >= 0.6 is 15.9 Å². The second-order valence-electron chi connectivity index (χ2n) is 6.17. The number of nitrogens with zero attached hydrogens (tertiary/aromatic N) is 2. The van der Waals surface area contributed by atoms with Crippen LogP contribution in [0.25, 0.3) is 0 Å². The summed E-state index contributed by atoms with van der Waals surface area (Å²) in [6.07, 6.45) is 2.80. The van der Waals surface area contributed by atoms with Crippen molar-refractivity contribution in [3.05, 3.63) is 28.5 Å². The van der Waals surface area contributed by atoms with Crippen LogP contribution in [-0.2, 0) is 0 Å². The molecule has 21 heavy (non-hydrogen) atoms. The highest BCUT2D eigenvalue weighted by atomic mass is 79.9. The molecule has 118 valence electrons. The molecule has 0 saturated carbocycles. The summed E-state index contributed by atoms with van der Waals surface area (Å²) in [5.41, 5.74) is 0.530. The van der Waals surface area contributed by atoms with E-state index in [-0.39, 0.29) is 17.9 Å². The first kappa shape index (κ1) is 16.6. The van der Waals surface area contributed by atoms with Gasteiger partial charge in [0.05, 0.1) is 23.1 Å². The second-order valence-corrected chi connectivity index (χ2v) is 7.08. The number of alkyl halides is 3. The van der Waals surface area contributed by atoms with Gasteiger partial charge in [-0.2, -0.15) is 18.3 Å². The summed E-state index contributed by atoms with van der Waals surface area (Å²) in [7, 11) is 0. The lowest BCUT2D eigenvalue weighted by atomic mass is 9.84. The van der Waals surface area contributed by atoms with Crippen molar-refractivity contribution in [2.75, 3.05) is 0 Å². The first-order valence-electron chi connectivity index (χ1n) is 7.19. The Labute approximate surface area is 131 Å². The highest BCUT2D eigenvalue weighted by Gasteiger charge is 2.31. The number of halogens is 4. The fourth-order valence-electron chi connectivity index (χ4n) is 3.18. The van der Waals surface area contributed by atoms with Gasteiger partial charge in [0.1, 0.15) is 0 Å². The lowest BCUT2D eigenvalue weighted by molar-refractivity contribution is -0.127. The molecule has 0 bridgehead atoms. The maximum Gasteiger partial charge on any atom is 0.392 e. The molecule has 3 atom stereocenters. The zero-order valence-corrected chi connectivity index (χ0v) is 13.8. The Morgan fingerprint density at radius 2 is 2.05 bits per heavy atom. The maximum absolute atomic E-state index is 12.6. The smallest absolute Gasteiger partial charge is 0.269 e. The van der Waals surface area contributed by atoms with Gasteiger partial charge in [-0.25, -0.2) is 0 Å². The molecule has 1 aromatic rings. The topological polar surface area (TPSA) is 17.8 Å². The molecular formula is C15H20BrF3N2. The summed E-state index contributed by atoms with van der Waals surface area (Å²) in [4.78, 5) is 0. The molecule has 1 aromatic heterocycles. The van der Waals surface area contributed by atoms with Crippen LogP contribution in [0.4, 0.5) is 13.2 Å². The molecule has 0 saturated heterocycles. The van der Waals surface area contributed by atoms with E-state index in [1.165, 1.54) is 0 Å². The molecule has 0 amide bonds. The average molecular weight is 365 g/mol. The van der Waals surface area contributed by atoms with Gasteiger partial charge in [0.25, 0.3) is 0 Å². The van der Waals surface area contributed by atoms with Gasteiger partial charge in [0.15, 0.2) is 0 Å². The maximum atomic E-state index is 12.6. The van der Waals surface area contributed by atoms with Crippen molar-refractivity contribution in [1.29, 1.82) is 0 Å². The van der Waals surface area contributed by atoms with Crippen molar-refractivity contribution >= 4 is 15.9 Å². The largest absolute Gasteiger partial charge is 0.392 e. The normalized spacial score (nSPS) is 30.4. The van der Waals surface area contributed by atoms with E-state index in [0.717, 1.165) is 17.3 Å². The quantitative estimate of drug-likeness (QED) is 0.631. The lowest BCUT2D eigenvalue weighted by Crippen LogP contribution is -2.20. The van der Waals surface area contributed by atoms with Crippen molar-refractivity contribution in [3.8, 4) is 0 Å². The average Bonchev–Trinajstić information content (AvgIpc) is 2.70. The summed E-state index contributed by atoms with van der Waals surface area (Å²) < 4.78 is 40.7. The molecule has 0 N–H and O–H groups in total. The van der Waals surface area contributed by atoms with Gasteiger partial charge in [-0.05, 0) is 47.0 Å². The van der Waals surface area contributed by atoms with E-state index >= 15 is 0 Å². The highest BCUT2D eigenvalue weighted by molar-refractivity contribution is 9.10. The standard InChI is InChI=1S/C15H20BrF3N2/c1-10-3-12(7-15(17,18)19)4-11(2)6-14(5-10)21-9-13(16)8-20-21/h3,8-11,14H,4-7H2,1-2H3/b12-3+. The summed E-state index contributed by atoms with van der Waals surface area (Å²) in [6, 6.07) is 0.241. The Morgan fingerprint density at radius 3 is 2.62 bits per heavy atom. The van der Waals surface area contributed by atoms with Crippen LogP contribution < -0.4 is 0 Å². The first-order valence-corrected chi connectivity index (χ1v) is 7.98. The molecule has 6 heteroatoms. The molecule has 1 heterocycles. The molecule has 2 rings (SSSR count). The van der Waals surface area contributed by atoms with Crippen LogP contribution in [0.3, 0.4) is 0 Å². The van der Waals surface area contributed by atoms with Crippen molar-refractivity contribution in [1.82, 2.24) is 9.78 Å². The minimum Gasteiger partial charge on any atom is -0.269 e. The molecule has 3 unspecified atom stereocenters. The highest BCUT2D eigenvalue weighted by Crippen LogP contribution is 2.36. The van der Waals surface area contributed by atoms with Crippen molar-refractivity contribution in [3.63, 3.8) is 0 Å². The third kappa shape index (κ3) is 5.16. The minimum atomic E-state index is -4.11. The zero-order valence-electron chi connectivity index (χ0n) is 12.2. The Morgan fingerprint density at radius 1 is 1.33 bits per heavy atom. The fraction of sp³-hybridized carbons (Fsp3) is 0.667. The minimum absolute atomic E-state index is 0.128. The van der Waals surface area contributed by atoms with E-state index < -0.39 is 12.6 Å². The molecule has 0 aliphatic heterocycles. The van der Waals surface area contributed by atoms with Gasteiger partial charge < -0.3 is 0 Å². The second kappa shape index (κ2) is 6.55. The Bertz CT molecular complexity index is 507. The third-order valence-electron chi connectivity index (χ3n) is 3.82. The van der Waals surface area contributed by atoms with Crippen molar-refractivity contribution in [2.45, 2.75) is 51.7 Å². The molecule has 0 radical (unpaired) electrons. The number of hydrogen-bond donors (Lipinski definition) is 0. The molecule has 0 spiro atoms. The van der Waals surface area contributed by atoms with Crippen LogP contribution in [0, 0.1) is 11.8 Å². The van der Waals surface area contributed by atoms with Crippen LogP contribution in [0.5, 0.6) is 0 Å². The monoisotopic (exact) mass is 364 g/mol. The molecule has 1 aliphatic carbocycles. The third-order valence-corrected chi connectivity index (χ3v) is 4.23. The Balaban J connectivity index is 2.14. The van der Waals surface area contributed by atoms with Gasteiger partial charge in [-0.3, -0.25) is 4.68 Å². The zero-order chi connectivity index (χ0) is 15.6. The summed E-state index contributed by atoms with van der Waals surface area (Å²) in [5.74, 6) is 0.349. The van der Waals surface area contributed by atoms with E-state index in [2.05, 4.69) is 21.0 Å². The van der Waals surface area contributed by atoms with Gasteiger partial charge in [-0.1, -0.05) is 25.5 Å². The molecule has 2 nitrogen and oxygen atoms in total. The summed E-state index contributed by atoms with van der Waals surface area (Å²) >= 11 is 3.39. The number of aromatic nitrogens is 2. The fourth-order valence-corrected chi connectivity index (χ4v) is 3.48. The SMILES string of the molecule is CC1/C=C(/CC(F)(F)F)CC(C)CC(n2cc(Br)cn2)C1. The van der Waals surface area contributed by atoms with Crippen molar-refractivity contribution in [2.24, 2.45) is 11.8 Å². The number of allylic oxidation sites excluding steroid dienone is 2. The van der Waals surface area contributed by atoms with Crippen molar-refractivity contribution < 1.29 is 13.2 Å². The Kier molecular flexibility index (Phi) is 5.17. The van der Waals surface area contributed by atoms with Gasteiger partial charge in [-0.15, -0.1) is 0 Å². The first-order chi connectivity index (χ1) is 9.73. The molecule has 1 aliphatic rings. The predicted molar refractivity (Wildman–Crippen MR) is 79.9 cm³/mol. The van der Waals surface area contributed by atoms with E-state index in [1.807, 2.05) is 30.8 Å². The van der Waals surface area contributed by atoms with Gasteiger partial charge in [0.2, 0.25) is 0 Å². The van der Waals surface area contributed by atoms with Gasteiger partial charge in [0, 0.05) is 6.20 Å². The van der Waals surface area contributed by atoms with Crippen LogP contribution in [-0.4, -0.2) is 16.0 Å². The summed E-state index contributed by atoms with van der Waals surface area (Å²) in [5, 5.41) is 4.33. The van der Waals surface area contributed by atoms with E-state index in [0.29, 0.717) is 12.0 Å². The van der Waals surface area contributed by atoms with E-state index in [4.69, 9.17) is 0 Å². The van der Waals surface area contributed by atoms with Crippen LogP contribution in [0.1, 0.15) is 45.6 Å². The van der Waals surface area contributed by atoms with Crippen LogP contribution in [0.15, 0.2) is 28.5 Å².